The number of halogens is 2. The Balaban J connectivity index is 1.65. The Morgan fingerprint density at radius 3 is 2.41 bits per heavy atom. The van der Waals surface area contributed by atoms with Crippen molar-refractivity contribution in [2.24, 2.45) is 0 Å². The Hall–Kier alpha value is -3.29. The number of unbranched alkanes of at least 4 members (excludes halogenated alkanes) is 1. The van der Waals surface area contributed by atoms with Gasteiger partial charge < -0.3 is 10.1 Å². The Morgan fingerprint density at radius 2 is 1.76 bits per heavy atom. The number of benzene rings is 2. The molecule has 2 aromatic rings. The van der Waals surface area contributed by atoms with Crippen molar-refractivity contribution in [3.8, 4) is 5.75 Å². The van der Waals surface area contributed by atoms with Crippen LogP contribution in [0.15, 0.2) is 42.5 Å². The molecule has 0 unspecified atom stereocenters. The minimum atomic E-state index is -2.90. The number of amides is 3. The number of alkyl halides is 2. The lowest BCUT2D eigenvalue weighted by Gasteiger charge is -2.12. The van der Waals surface area contributed by atoms with Crippen LogP contribution in [-0.2, 0) is 6.54 Å². The van der Waals surface area contributed by atoms with Gasteiger partial charge in [-0.25, -0.2) is 0 Å². The molecule has 0 aromatic heterocycles. The molecule has 6 nitrogen and oxygen atoms in total. The molecule has 1 aliphatic heterocycles. The number of carbonyl (C=O) groups excluding carboxylic acids is 3. The molecular weight excluding hydrogens is 382 g/mol. The highest BCUT2D eigenvalue weighted by molar-refractivity contribution is 6.22. The molecule has 3 amide bonds. The van der Waals surface area contributed by atoms with E-state index in [1.54, 1.807) is 12.1 Å². The van der Waals surface area contributed by atoms with Crippen LogP contribution in [0.5, 0.6) is 5.75 Å². The molecule has 0 saturated heterocycles. The molecule has 0 aliphatic carbocycles. The van der Waals surface area contributed by atoms with Crippen molar-refractivity contribution in [2.75, 3.05) is 6.54 Å². The van der Waals surface area contributed by atoms with E-state index in [0.717, 1.165) is 12.8 Å². The molecular formula is C21H20F2N2O4. The molecule has 0 atom stereocenters. The smallest absolute Gasteiger partial charge is 0.387 e. The monoisotopic (exact) mass is 402 g/mol. The van der Waals surface area contributed by atoms with Crippen LogP contribution in [0.1, 0.15) is 56.4 Å². The van der Waals surface area contributed by atoms with E-state index >= 15 is 0 Å². The second kappa shape index (κ2) is 8.81. The fraction of sp³-hybridized carbons (Fsp3) is 0.286. The van der Waals surface area contributed by atoms with Crippen LogP contribution in [0.2, 0.25) is 0 Å². The zero-order valence-electron chi connectivity index (χ0n) is 15.8. The van der Waals surface area contributed by atoms with Crippen molar-refractivity contribution < 1.29 is 27.9 Å². The molecule has 0 fully saturated rings. The quantitative estimate of drug-likeness (QED) is 0.685. The average molecular weight is 402 g/mol. The molecule has 152 valence electrons. The second-order valence-corrected chi connectivity index (χ2v) is 6.58. The van der Waals surface area contributed by atoms with Gasteiger partial charge in [-0.2, -0.15) is 8.78 Å². The summed E-state index contributed by atoms with van der Waals surface area (Å²) in [7, 11) is 0. The van der Waals surface area contributed by atoms with Crippen molar-refractivity contribution in [1.82, 2.24) is 10.2 Å². The maximum Gasteiger partial charge on any atom is 0.387 e. The summed E-state index contributed by atoms with van der Waals surface area (Å²) in [6.45, 7) is -0.399. The summed E-state index contributed by atoms with van der Waals surface area (Å²) in [5.41, 5.74) is 1.49. The molecule has 0 saturated carbocycles. The number of fused-ring (bicyclic) bond motifs is 1. The Bertz CT molecular complexity index is 929. The molecule has 29 heavy (non-hydrogen) atoms. The van der Waals surface area contributed by atoms with Gasteiger partial charge in [-0.3, -0.25) is 19.3 Å². The number of carbonyl (C=O) groups is 3. The third-order valence-electron chi connectivity index (χ3n) is 4.57. The van der Waals surface area contributed by atoms with E-state index in [1.807, 2.05) is 6.92 Å². The highest BCUT2D eigenvalue weighted by atomic mass is 19.3. The lowest BCUT2D eigenvalue weighted by atomic mass is 10.1. The van der Waals surface area contributed by atoms with E-state index in [9.17, 15) is 23.2 Å². The number of rotatable bonds is 8. The number of ether oxygens (including phenoxy) is 1. The van der Waals surface area contributed by atoms with Gasteiger partial charge in [0.2, 0.25) is 0 Å². The van der Waals surface area contributed by atoms with Gasteiger partial charge >= 0.3 is 6.61 Å². The van der Waals surface area contributed by atoms with Gasteiger partial charge in [0, 0.05) is 18.7 Å². The van der Waals surface area contributed by atoms with Crippen molar-refractivity contribution in [3.63, 3.8) is 0 Å². The van der Waals surface area contributed by atoms with Crippen LogP contribution in [-0.4, -0.2) is 35.8 Å². The first-order valence-electron chi connectivity index (χ1n) is 9.23. The molecule has 0 bridgehead atoms. The van der Waals surface area contributed by atoms with Gasteiger partial charge in [0.1, 0.15) is 5.75 Å². The highest BCUT2D eigenvalue weighted by Gasteiger charge is 2.35. The van der Waals surface area contributed by atoms with E-state index in [-0.39, 0.29) is 35.2 Å². The zero-order chi connectivity index (χ0) is 21.0. The normalized spacial score (nSPS) is 13.0. The molecule has 3 rings (SSSR count). The zero-order valence-corrected chi connectivity index (χ0v) is 15.8. The van der Waals surface area contributed by atoms with E-state index in [1.165, 1.54) is 35.2 Å². The SMILES string of the molecule is CCCCN1C(=O)c2ccc(C(=O)NCc3ccc(OC(F)F)cc3)cc2C1=O. The largest absolute Gasteiger partial charge is 0.435 e. The predicted octanol–water partition coefficient (Wildman–Crippen LogP) is 3.61. The lowest BCUT2D eigenvalue weighted by molar-refractivity contribution is -0.0498. The third kappa shape index (κ3) is 4.59. The van der Waals surface area contributed by atoms with Crippen LogP contribution in [0, 0.1) is 0 Å². The highest BCUT2D eigenvalue weighted by Crippen LogP contribution is 2.24. The third-order valence-corrected chi connectivity index (χ3v) is 4.57. The summed E-state index contributed by atoms with van der Waals surface area (Å²) in [4.78, 5) is 38.5. The molecule has 1 heterocycles. The summed E-state index contributed by atoms with van der Waals surface area (Å²) in [5, 5.41) is 2.70. The average Bonchev–Trinajstić information content (AvgIpc) is 2.95. The van der Waals surface area contributed by atoms with Gasteiger partial charge in [0.25, 0.3) is 17.7 Å². The van der Waals surface area contributed by atoms with E-state index in [2.05, 4.69) is 10.1 Å². The summed E-state index contributed by atoms with van der Waals surface area (Å²) in [5.74, 6) is -1.10. The van der Waals surface area contributed by atoms with Crippen LogP contribution >= 0.6 is 0 Å². The maximum atomic E-state index is 12.5. The van der Waals surface area contributed by atoms with Gasteiger partial charge in [0.05, 0.1) is 11.1 Å². The van der Waals surface area contributed by atoms with E-state index in [4.69, 9.17) is 0 Å². The van der Waals surface area contributed by atoms with Crippen LogP contribution in [0.25, 0.3) is 0 Å². The molecule has 1 aliphatic rings. The van der Waals surface area contributed by atoms with Crippen LogP contribution in [0.3, 0.4) is 0 Å². The van der Waals surface area contributed by atoms with Gasteiger partial charge in [-0.05, 0) is 42.3 Å². The Kier molecular flexibility index (Phi) is 6.21. The van der Waals surface area contributed by atoms with Crippen molar-refractivity contribution in [1.29, 1.82) is 0 Å². The summed E-state index contributed by atoms with van der Waals surface area (Å²) >= 11 is 0. The van der Waals surface area contributed by atoms with Gasteiger partial charge in [0.15, 0.2) is 0 Å². The Morgan fingerprint density at radius 1 is 1.07 bits per heavy atom. The molecule has 0 spiro atoms. The van der Waals surface area contributed by atoms with Crippen LogP contribution < -0.4 is 10.1 Å². The standard InChI is InChI=1S/C21H20F2N2O4/c1-2-3-10-25-19(27)16-9-6-14(11-17(16)20(25)28)18(26)24-12-13-4-7-15(8-5-13)29-21(22)23/h4-9,11,21H,2-3,10,12H2,1H3,(H,24,26). The fourth-order valence-electron chi connectivity index (χ4n) is 3.02. The Labute approximate surface area is 166 Å². The second-order valence-electron chi connectivity index (χ2n) is 6.58. The summed E-state index contributed by atoms with van der Waals surface area (Å²) in [6.07, 6.45) is 1.58. The predicted molar refractivity (Wildman–Crippen MR) is 101 cm³/mol. The van der Waals surface area contributed by atoms with Crippen LogP contribution in [0.4, 0.5) is 8.78 Å². The van der Waals surface area contributed by atoms with Gasteiger partial charge in [-0.1, -0.05) is 25.5 Å². The minimum absolute atomic E-state index is 0.0319. The van der Waals surface area contributed by atoms with Gasteiger partial charge in [-0.15, -0.1) is 0 Å². The van der Waals surface area contributed by atoms with Crippen molar-refractivity contribution >= 4 is 17.7 Å². The number of hydrogen-bond acceptors (Lipinski definition) is 4. The number of nitrogens with one attached hydrogen (secondary N) is 1. The first-order chi connectivity index (χ1) is 13.9. The number of nitrogens with zero attached hydrogens (tertiary/aromatic N) is 1. The summed E-state index contributed by atoms with van der Waals surface area (Å²) in [6, 6.07) is 10.3. The lowest BCUT2D eigenvalue weighted by Crippen LogP contribution is -2.30. The van der Waals surface area contributed by atoms with E-state index < -0.39 is 12.5 Å². The topological polar surface area (TPSA) is 75.7 Å². The molecule has 8 heteroatoms. The molecule has 2 aromatic carbocycles. The first-order valence-corrected chi connectivity index (χ1v) is 9.23. The molecule has 0 radical (unpaired) electrons. The summed E-state index contributed by atoms with van der Waals surface area (Å²) < 4.78 is 28.6. The fourth-order valence-corrected chi connectivity index (χ4v) is 3.02. The molecule has 1 N–H and O–H groups in total. The first kappa shape index (κ1) is 20.4. The number of hydrogen-bond donors (Lipinski definition) is 1. The van der Waals surface area contributed by atoms with Crippen molar-refractivity contribution in [3.05, 3.63) is 64.7 Å². The van der Waals surface area contributed by atoms with E-state index in [0.29, 0.717) is 17.7 Å². The van der Waals surface area contributed by atoms with Crippen molar-refractivity contribution in [2.45, 2.75) is 32.9 Å². The minimum Gasteiger partial charge on any atom is -0.435 e. The maximum absolute atomic E-state index is 12.5. The number of imide groups is 1.